The quantitative estimate of drug-likeness (QED) is 0.681. The van der Waals surface area contributed by atoms with Gasteiger partial charge in [0.1, 0.15) is 0 Å². The first-order chi connectivity index (χ1) is 9.19. The Morgan fingerprint density at radius 3 is 2.42 bits per heavy atom. The summed E-state index contributed by atoms with van der Waals surface area (Å²) in [4.78, 5) is 16.6. The molecule has 0 aromatic heterocycles. The Morgan fingerprint density at radius 2 is 1.84 bits per heavy atom. The van der Waals surface area contributed by atoms with Crippen molar-refractivity contribution in [2.45, 2.75) is 52.5 Å². The largest absolute Gasteiger partial charge is 0.341 e. The Kier molecular flexibility index (Phi) is 8.07. The van der Waals surface area contributed by atoms with Crippen LogP contribution >= 0.6 is 0 Å². The number of piperidine rings is 1. The van der Waals surface area contributed by atoms with Crippen molar-refractivity contribution < 1.29 is 4.79 Å². The lowest BCUT2D eigenvalue weighted by Gasteiger charge is -2.29. The van der Waals surface area contributed by atoms with E-state index in [2.05, 4.69) is 24.1 Å². The first-order valence-corrected chi connectivity index (χ1v) is 7.93. The first-order valence-electron chi connectivity index (χ1n) is 7.93. The zero-order chi connectivity index (χ0) is 14.1. The van der Waals surface area contributed by atoms with Crippen LogP contribution in [0.4, 0.5) is 0 Å². The zero-order valence-corrected chi connectivity index (χ0v) is 13.0. The van der Waals surface area contributed by atoms with Gasteiger partial charge in [0.15, 0.2) is 0 Å². The summed E-state index contributed by atoms with van der Waals surface area (Å²) in [5, 5.41) is 3.37. The molecule has 0 aromatic rings. The molecule has 1 atom stereocenters. The van der Waals surface area contributed by atoms with Gasteiger partial charge in [-0.2, -0.15) is 0 Å². The molecule has 0 bridgehead atoms. The van der Waals surface area contributed by atoms with Gasteiger partial charge in [-0.05, 0) is 58.8 Å². The standard InChI is InChI=1S/C15H31N3O/c1-4-17(5-2)11-9-10-16-14(3)15(19)18-12-7-6-8-13-18/h14,16H,4-13H2,1-3H3. The number of rotatable bonds is 8. The van der Waals surface area contributed by atoms with Crippen LogP contribution in [-0.2, 0) is 4.79 Å². The van der Waals surface area contributed by atoms with Gasteiger partial charge in [-0.1, -0.05) is 13.8 Å². The first kappa shape index (κ1) is 16.4. The highest BCUT2D eigenvalue weighted by Crippen LogP contribution is 2.09. The maximum Gasteiger partial charge on any atom is 0.239 e. The highest BCUT2D eigenvalue weighted by Gasteiger charge is 2.21. The number of hydrogen-bond donors (Lipinski definition) is 1. The van der Waals surface area contributed by atoms with Crippen LogP contribution in [-0.4, -0.2) is 61.0 Å². The monoisotopic (exact) mass is 269 g/mol. The van der Waals surface area contributed by atoms with E-state index in [1.165, 1.54) is 19.3 Å². The lowest BCUT2D eigenvalue weighted by Crippen LogP contribution is -2.47. The van der Waals surface area contributed by atoms with Gasteiger partial charge in [-0.25, -0.2) is 0 Å². The molecule has 1 aliphatic heterocycles. The number of hydrogen-bond acceptors (Lipinski definition) is 3. The number of amides is 1. The van der Waals surface area contributed by atoms with E-state index in [4.69, 9.17) is 0 Å². The number of likely N-dealkylation sites (tertiary alicyclic amines) is 1. The van der Waals surface area contributed by atoms with Crippen molar-refractivity contribution in [2.75, 3.05) is 39.3 Å². The normalized spacial score (nSPS) is 17.8. The molecule has 0 aromatic carbocycles. The molecule has 19 heavy (non-hydrogen) atoms. The topological polar surface area (TPSA) is 35.6 Å². The molecule has 0 saturated carbocycles. The Balaban J connectivity index is 2.15. The zero-order valence-electron chi connectivity index (χ0n) is 13.0. The van der Waals surface area contributed by atoms with Gasteiger partial charge in [0.05, 0.1) is 6.04 Å². The molecule has 1 rings (SSSR count). The average Bonchev–Trinajstić information content (AvgIpc) is 2.47. The molecule has 1 fully saturated rings. The molecule has 0 radical (unpaired) electrons. The second kappa shape index (κ2) is 9.32. The van der Waals surface area contributed by atoms with Crippen LogP contribution in [0.5, 0.6) is 0 Å². The summed E-state index contributed by atoms with van der Waals surface area (Å²) in [6.45, 7) is 12.5. The minimum Gasteiger partial charge on any atom is -0.341 e. The molecule has 1 saturated heterocycles. The third-order valence-electron chi connectivity index (χ3n) is 4.03. The van der Waals surface area contributed by atoms with Crippen LogP contribution in [0.15, 0.2) is 0 Å². The molecule has 1 heterocycles. The SMILES string of the molecule is CCN(CC)CCCNC(C)C(=O)N1CCCCC1. The molecule has 1 N–H and O–H groups in total. The van der Waals surface area contributed by atoms with Crippen molar-refractivity contribution in [3.05, 3.63) is 0 Å². The van der Waals surface area contributed by atoms with E-state index < -0.39 is 0 Å². The van der Waals surface area contributed by atoms with Gasteiger partial charge < -0.3 is 15.1 Å². The molecule has 1 aliphatic rings. The molecule has 1 amide bonds. The minimum absolute atomic E-state index is 0.0326. The molecule has 0 spiro atoms. The molecule has 1 unspecified atom stereocenters. The second-order valence-electron chi connectivity index (χ2n) is 5.44. The summed E-state index contributed by atoms with van der Waals surface area (Å²) < 4.78 is 0. The molecule has 4 heteroatoms. The Labute approximate surface area is 118 Å². The fourth-order valence-electron chi connectivity index (χ4n) is 2.64. The predicted octanol–water partition coefficient (Wildman–Crippen LogP) is 1.71. The minimum atomic E-state index is -0.0326. The van der Waals surface area contributed by atoms with Crippen molar-refractivity contribution in [3.8, 4) is 0 Å². The molecular formula is C15H31N3O. The van der Waals surface area contributed by atoms with Gasteiger partial charge in [0, 0.05) is 13.1 Å². The molecule has 4 nitrogen and oxygen atoms in total. The van der Waals surface area contributed by atoms with Crippen molar-refractivity contribution in [3.63, 3.8) is 0 Å². The summed E-state index contributed by atoms with van der Waals surface area (Å²) >= 11 is 0. The fourth-order valence-corrected chi connectivity index (χ4v) is 2.64. The summed E-state index contributed by atoms with van der Waals surface area (Å²) in [7, 11) is 0. The van der Waals surface area contributed by atoms with Crippen molar-refractivity contribution in [1.82, 2.24) is 15.1 Å². The lowest BCUT2D eigenvalue weighted by molar-refractivity contribution is -0.133. The van der Waals surface area contributed by atoms with Gasteiger partial charge >= 0.3 is 0 Å². The fraction of sp³-hybridized carbons (Fsp3) is 0.933. The van der Waals surface area contributed by atoms with Gasteiger partial charge in [-0.3, -0.25) is 4.79 Å². The van der Waals surface area contributed by atoms with Crippen LogP contribution < -0.4 is 5.32 Å². The smallest absolute Gasteiger partial charge is 0.239 e. The second-order valence-corrected chi connectivity index (χ2v) is 5.44. The van der Waals surface area contributed by atoms with E-state index in [-0.39, 0.29) is 11.9 Å². The Bertz CT molecular complexity index is 248. The van der Waals surface area contributed by atoms with Crippen LogP contribution in [0.25, 0.3) is 0 Å². The van der Waals surface area contributed by atoms with E-state index in [0.717, 1.165) is 45.7 Å². The van der Waals surface area contributed by atoms with Crippen molar-refractivity contribution >= 4 is 5.91 Å². The van der Waals surface area contributed by atoms with E-state index >= 15 is 0 Å². The van der Waals surface area contributed by atoms with Crippen LogP contribution in [0.1, 0.15) is 46.5 Å². The number of nitrogens with one attached hydrogen (secondary N) is 1. The average molecular weight is 269 g/mol. The van der Waals surface area contributed by atoms with Crippen LogP contribution in [0.3, 0.4) is 0 Å². The molecular weight excluding hydrogens is 238 g/mol. The highest BCUT2D eigenvalue weighted by atomic mass is 16.2. The van der Waals surface area contributed by atoms with E-state index in [0.29, 0.717) is 0 Å². The molecule has 0 aliphatic carbocycles. The van der Waals surface area contributed by atoms with Gasteiger partial charge in [-0.15, -0.1) is 0 Å². The maximum absolute atomic E-state index is 12.2. The van der Waals surface area contributed by atoms with E-state index in [1.54, 1.807) is 0 Å². The Morgan fingerprint density at radius 1 is 1.21 bits per heavy atom. The number of carbonyl (C=O) groups is 1. The van der Waals surface area contributed by atoms with Crippen molar-refractivity contribution in [2.24, 2.45) is 0 Å². The van der Waals surface area contributed by atoms with Gasteiger partial charge in [0.25, 0.3) is 0 Å². The van der Waals surface area contributed by atoms with Gasteiger partial charge in [0.2, 0.25) is 5.91 Å². The third-order valence-corrected chi connectivity index (χ3v) is 4.03. The summed E-state index contributed by atoms with van der Waals surface area (Å²) in [6.07, 6.45) is 4.72. The number of nitrogens with zero attached hydrogens (tertiary/aromatic N) is 2. The Hall–Kier alpha value is -0.610. The van der Waals surface area contributed by atoms with E-state index in [9.17, 15) is 4.79 Å². The number of carbonyl (C=O) groups excluding carboxylic acids is 1. The van der Waals surface area contributed by atoms with E-state index in [1.807, 2.05) is 11.8 Å². The molecule has 112 valence electrons. The van der Waals surface area contributed by atoms with Crippen LogP contribution in [0, 0.1) is 0 Å². The van der Waals surface area contributed by atoms with Crippen LogP contribution in [0.2, 0.25) is 0 Å². The third kappa shape index (κ3) is 5.91. The van der Waals surface area contributed by atoms with Crippen molar-refractivity contribution in [1.29, 1.82) is 0 Å². The predicted molar refractivity (Wildman–Crippen MR) is 80.3 cm³/mol. The summed E-state index contributed by atoms with van der Waals surface area (Å²) in [5.74, 6) is 0.280. The maximum atomic E-state index is 12.2. The highest BCUT2D eigenvalue weighted by molar-refractivity contribution is 5.81. The summed E-state index contributed by atoms with van der Waals surface area (Å²) in [5.41, 5.74) is 0. The summed E-state index contributed by atoms with van der Waals surface area (Å²) in [6, 6.07) is -0.0326. The lowest BCUT2D eigenvalue weighted by atomic mass is 10.1.